The summed E-state index contributed by atoms with van der Waals surface area (Å²) in [5.74, 6) is 0.463. The molecule has 1 atom stereocenters. The second-order valence-corrected chi connectivity index (χ2v) is 4.70. The van der Waals surface area contributed by atoms with Gasteiger partial charge >= 0.3 is 0 Å². The van der Waals surface area contributed by atoms with E-state index < -0.39 is 6.04 Å². The van der Waals surface area contributed by atoms with Crippen LogP contribution in [0, 0.1) is 0 Å². The summed E-state index contributed by atoms with van der Waals surface area (Å²) in [4.78, 5) is 11.7. The molecular formula is C10H13ClN2O2. The maximum atomic E-state index is 11.7. The highest BCUT2D eigenvalue weighted by Crippen LogP contribution is 2.23. The summed E-state index contributed by atoms with van der Waals surface area (Å²) in [5, 5.41) is 6.33. The van der Waals surface area contributed by atoms with E-state index in [4.69, 9.17) is 16.0 Å². The van der Waals surface area contributed by atoms with Gasteiger partial charge in [-0.05, 0) is 37.6 Å². The van der Waals surface area contributed by atoms with Gasteiger partial charge in [0.15, 0.2) is 5.22 Å². The zero-order valence-electron chi connectivity index (χ0n) is 8.63. The van der Waals surface area contributed by atoms with Gasteiger partial charge in [0.2, 0.25) is 5.91 Å². The maximum absolute atomic E-state index is 11.7. The first-order valence-electron chi connectivity index (χ1n) is 4.79. The van der Waals surface area contributed by atoms with Crippen molar-refractivity contribution < 1.29 is 9.21 Å². The third kappa shape index (κ3) is 2.16. The molecule has 1 aliphatic rings. The monoisotopic (exact) mass is 228 g/mol. The molecule has 0 saturated carbocycles. The van der Waals surface area contributed by atoms with Gasteiger partial charge in [-0.1, -0.05) is 0 Å². The fourth-order valence-electron chi connectivity index (χ4n) is 1.61. The highest BCUT2D eigenvalue weighted by atomic mass is 35.5. The van der Waals surface area contributed by atoms with Gasteiger partial charge in [0.05, 0.1) is 0 Å². The summed E-state index contributed by atoms with van der Waals surface area (Å²) in [6.45, 7) is 4.62. The molecule has 0 radical (unpaired) electrons. The summed E-state index contributed by atoms with van der Waals surface area (Å²) in [5.41, 5.74) is -0.218. The average molecular weight is 229 g/mol. The fourth-order valence-corrected chi connectivity index (χ4v) is 1.77. The zero-order valence-corrected chi connectivity index (χ0v) is 9.39. The smallest absolute Gasteiger partial charge is 0.245 e. The van der Waals surface area contributed by atoms with Crippen molar-refractivity contribution in [1.29, 1.82) is 0 Å². The summed E-state index contributed by atoms with van der Waals surface area (Å²) in [6.07, 6.45) is 0. The second kappa shape index (κ2) is 3.54. The number of hydrogen-bond acceptors (Lipinski definition) is 3. The molecule has 0 aromatic carbocycles. The number of halogens is 1. The molecule has 5 heteroatoms. The Balaban J connectivity index is 2.16. The minimum atomic E-state index is -0.439. The van der Waals surface area contributed by atoms with Crippen LogP contribution < -0.4 is 10.6 Å². The average Bonchev–Trinajstić information content (AvgIpc) is 2.50. The van der Waals surface area contributed by atoms with Gasteiger partial charge in [0.1, 0.15) is 11.8 Å². The molecule has 1 aromatic rings. The Morgan fingerprint density at radius 1 is 1.53 bits per heavy atom. The van der Waals surface area contributed by atoms with Crippen LogP contribution in [0.3, 0.4) is 0 Å². The van der Waals surface area contributed by atoms with Gasteiger partial charge in [-0.3, -0.25) is 10.1 Å². The minimum Gasteiger partial charge on any atom is -0.447 e. The summed E-state index contributed by atoms with van der Waals surface area (Å²) < 4.78 is 5.20. The first kappa shape index (κ1) is 10.5. The zero-order chi connectivity index (χ0) is 11.1. The molecule has 2 rings (SSSR count). The molecule has 1 unspecified atom stereocenters. The van der Waals surface area contributed by atoms with Crippen molar-refractivity contribution in [1.82, 2.24) is 10.6 Å². The SMILES string of the molecule is CC1(C)CNC(c2ccc(Cl)o2)C(=O)N1. The van der Waals surface area contributed by atoms with E-state index in [2.05, 4.69) is 10.6 Å². The van der Waals surface area contributed by atoms with Crippen molar-refractivity contribution in [3.05, 3.63) is 23.1 Å². The number of carbonyl (C=O) groups excluding carboxylic acids is 1. The van der Waals surface area contributed by atoms with Crippen LogP contribution in [0.15, 0.2) is 16.5 Å². The third-order valence-corrected chi connectivity index (χ3v) is 2.55. The minimum absolute atomic E-state index is 0.0859. The molecule has 0 bridgehead atoms. The first-order valence-corrected chi connectivity index (χ1v) is 5.16. The highest BCUT2D eigenvalue weighted by Gasteiger charge is 2.34. The predicted molar refractivity (Wildman–Crippen MR) is 56.7 cm³/mol. The van der Waals surface area contributed by atoms with Crippen molar-refractivity contribution in [2.75, 3.05) is 6.54 Å². The fraction of sp³-hybridized carbons (Fsp3) is 0.500. The van der Waals surface area contributed by atoms with Crippen molar-refractivity contribution in [3.63, 3.8) is 0 Å². The van der Waals surface area contributed by atoms with Crippen LogP contribution in [-0.2, 0) is 4.79 Å². The van der Waals surface area contributed by atoms with E-state index >= 15 is 0 Å². The van der Waals surface area contributed by atoms with Crippen molar-refractivity contribution in [2.24, 2.45) is 0 Å². The van der Waals surface area contributed by atoms with Crippen LogP contribution >= 0.6 is 11.6 Å². The normalized spacial score (nSPS) is 25.0. The molecule has 0 spiro atoms. The lowest BCUT2D eigenvalue weighted by Gasteiger charge is -2.35. The molecule has 1 aromatic heterocycles. The number of nitrogens with one attached hydrogen (secondary N) is 2. The van der Waals surface area contributed by atoms with E-state index in [9.17, 15) is 4.79 Å². The van der Waals surface area contributed by atoms with E-state index in [0.29, 0.717) is 17.5 Å². The summed E-state index contributed by atoms with van der Waals surface area (Å²) >= 11 is 5.66. The first-order chi connectivity index (χ1) is 6.98. The lowest BCUT2D eigenvalue weighted by atomic mass is 9.99. The summed E-state index contributed by atoms with van der Waals surface area (Å²) in [6, 6.07) is 2.90. The van der Waals surface area contributed by atoms with E-state index in [1.54, 1.807) is 12.1 Å². The molecule has 2 heterocycles. The lowest BCUT2D eigenvalue weighted by Crippen LogP contribution is -2.59. The lowest BCUT2D eigenvalue weighted by molar-refractivity contribution is -0.127. The number of furan rings is 1. The second-order valence-electron chi connectivity index (χ2n) is 4.33. The largest absolute Gasteiger partial charge is 0.447 e. The van der Waals surface area contributed by atoms with Crippen LogP contribution in [0.5, 0.6) is 0 Å². The topological polar surface area (TPSA) is 54.3 Å². The Morgan fingerprint density at radius 3 is 2.80 bits per heavy atom. The van der Waals surface area contributed by atoms with Crippen LogP contribution in [0.4, 0.5) is 0 Å². The van der Waals surface area contributed by atoms with Gasteiger partial charge in [-0.15, -0.1) is 0 Å². The Labute approximate surface area is 93.0 Å². The Hall–Kier alpha value is -1.00. The summed E-state index contributed by atoms with van der Waals surface area (Å²) in [7, 11) is 0. The van der Waals surface area contributed by atoms with E-state index in [1.165, 1.54) is 0 Å². The quantitative estimate of drug-likeness (QED) is 0.766. The number of hydrogen-bond donors (Lipinski definition) is 2. The number of amides is 1. The molecule has 15 heavy (non-hydrogen) atoms. The molecule has 1 aliphatic heterocycles. The molecule has 1 fully saturated rings. The Bertz CT molecular complexity index is 387. The highest BCUT2D eigenvalue weighted by molar-refractivity contribution is 6.28. The van der Waals surface area contributed by atoms with Crippen LogP contribution in [0.2, 0.25) is 5.22 Å². The number of piperazine rings is 1. The molecule has 82 valence electrons. The van der Waals surface area contributed by atoms with Gasteiger partial charge in [-0.25, -0.2) is 0 Å². The Morgan fingerprint density at radius 2 is 2.27 bits per heavy atom. The van der Waals surface area contributed by atoms with Gasteiger partial charge < -0.3 is 9.73 Å². The third-order valence-electron chi connectivity index (χ3n) is 2.35. The van der Waals surface area contributed by atoms with Gasteiger partial charge in [0.25, 0.3) is 0 Å². The van der Waals surface area contributed by atoms with Crippen LogP contribution in [-0.4, -0.2) is 18.0 Å². The van der Waals surface area contributed by atoms with Crippen molar-refractivity contribution in [2.45, 2.75) is 25.4 Å². The molecular weight excluding hydrogens is 216 g/mol. The number of rotatable bonds is 1. The molecule has 2 N–H and O–H groups in total. The standard InChI is InChI=1S/C10H13ClN2O2/c1-10(2)5-12-8(9(14)13-10)6-3-4-7(11)15-6/h3-4,8,12H,5H2,1-2H3,(H,13,14). The van der Waals surface area contributed by atoms with E-state index in [0.717, 1.165) is 0 Å². The van der Waals surface area contributed by atoms with Crippen LogP contribution in [0.25, 0.3) is 0 Å². The molecule has 4 nitrogen and oxygen atoms in total. The molecule has 0 aliphatic carbocycles. The number of carbonyl (C=O) groups is 1. The van der Waals surface area contributed by atoms with Gasteiger partial charge in [0, 0.05) is 12.1 Å². The van der Waals surface area contributed by atoms with E-state index in [-0.39, 0.29) is 11.4 Å². The van der Waals surface area contributed by atoms with Crippen molar-refractivity contribution >= 4 is 17.5 Å². The van der Waals surface area contributed by atoms with E-state index in [1.807, 2.05) is 13.8 Å². The van der Waals surface area contributed by atoms with Crippen molar-refractivity contribution in [3.8, 4) is 0 Å². The van der Waals surface area contributed by atoms with Gasteiger partial charge in [-0.2, -0.15) is 0 Å². The predicted octanol–water partition coefficient (Wildman–Crippen LogP) is 1.47. The maximum Gasteiger partial charge on any atom is 0.245 e. The van der Waals surface area contributed by atoms with Crippen LogP contribution in [0.1, 0.15) is 25.6 Å². The Kier molecular flexibility index (Phi) is 2.48. The molecule has 1 amide bonds. The molecule has 1 saturated heterocycles.